The van der Waals surface area contributed by atoms with E-state index >= 15 is 0 Å². The van der Waals surface area contributed by atoms with Crippen molar-refractivity contribution in [2.24, 2.45) is 0 Å². The number of aromatic nitrogens is 4. The van der Waals surface area contributed by atoms with Gasteiger partial charge >= 0.3 is 0 Å². The zero-order chi connectivity index (χ0) is 28.0. The highest BCUT2D eigenvalue weighted by molar-refractivity contribution is 5.97. The second-order valence-electron chi connectivity index (χ2n) is 9.59. The smallest absolute Gasteiger partial charge is 0.273 e. The number of benzene rings is 4. The summed E-state index contributed by atoms with van der Waals surface area (Å²) in [6.07, 6.45) is 5.28. The number of carbonyl (C=O) groups is 1. The molecule has 0 saturated heterocycles. The minimum absolute atomic E-state index is 0.279. The standard InChI is InChI=1S/C34H27N5O2/c1-24-17-19-26(20-18-24)31(25-11-5-2-6-12-25)35-33(40)32-28(23-39(38-32)29-15-9-4-10-16-29)21-22-30-36-37-34(41-30)27-13-7-3-8-14-27/h2-23,31H,1H3,(H,35,40)/b22-21+. The molecule has 0 radical (unpaired) electrons. The van der Waals surface area contributed by atoms with E-state index in [1.165, 1.54) is 0 Å². The van der Waals surface area contributed by atoms with Crippen LogP contribution in [0.5, 0.6) is 0 Å². The topological polar surface area (TPSA) is 85.8 Å². The molecule has 6 aromatic rings. The van der Waals surface area contributed by atoms with Crippen LogP contribution < -0.4 is 5.32 Å². The molecule has 200 valence electrons. The molecule has 0 fully saturated rings. The maximum absolute atomic E-state index is 13.9. The number of rotatable bonds is 8. The normalized spacial score (nSPS) is 11.9. The molecule has 7 nitrogen and oxygen atoms in total. The fourth-order valence-corrected chi connectivity index (χ4v) is 4.52. The minimum Gasteiger partial charge on any atom is -0.417 e. The zero-order valence-electron chi connectivity index (χ0n) is 22.4. The predicted octanol–water partition coefficient (Wildman–Crippen LogP) is 6.92. The summed E-state index contributed by atoms with van der Waals surface area (Å²) in [6, 6.07) is 37.0. The van der Waals surface area contributed by atoms with Crippen LogP contribution in [0.15, 0.2) is 126 Å². The van der Waals surface area contributed by atoms with Gasteiger partial charge in [-0.1, -0.05) is 96.6 Å². The summed E-state index contributed by atoms with van der Waals surface area (Å²) in [7, 11) is 0. The van der Waals surface area contributed by atoms with Crippen LogP contribution in [0.4, 0.5) is 0 Å². The van der Waals surface area contributed by atoms with Gasteiger partial charge in [-0.15, -0.1) is 10.2 Å². The third-order valence-electron chi connectivity index (χ3n) is 6.66. The maximum Gasteiger partial charge on any atom is 0.273 e. The summed E-state index contributed by atoms with van der Waals surface area (Å²) >= 11 is 0. The van der Waals surface area contributed by atoms with E-state index in [1.54, 1.807) is 16.8 Å². The Morgan fingerprint density at radius 3 is 2.12 bits per heavy atom. The van der Waals surface area contributed by atoms with Gasteiger partial charge in [0.15, 0.2) is 5.69 Å². The van der Waals surface area contributed by atoms with Gasteiger partial charge in [-0.05, 0) is 48.4 Å². The summed E-state index contributed by atoms with van der Waals surface area (Å²) < 4.78 is 7.53. The summed E-state index contributed by atoms with van der Waals surface area (Å²) in [5.41, 5.74) is 5.67. The fraction of sp³-hybridized carbons (Fsp3) is 0.0588. The molecule has 1 amide bonds. The third kappa shape index (κ3) is 5.89. The number of hydrogen-bond donors (Lipinski definition) is 1. The average molecular weight is 538 g/mol. The number of aryl methyl sites for hydroxylation is 1. The van der Waals surface area contributed by atoms with Crippen LogP contribution in [0.25, 0.3) is 29.3 Å². The highest BCUT2D eigenvalue weighted by atomic mass is 16.4. The van der Waals surface area contributed by atoms with Gasteiger partial charge in [-0.2, -0.15) is 5.10 Å². The van der Waals surface area contributed by atoms with Gasteiger partial charge in [-0.3, -0.25) is 4.79 Å². The first kappa shape index (κ1) is 25.7. The molecule has 0 bridgehead atoms. The zero-order valence-corrected chi connectivity index (χ0v) is 22.4. The molecule has 4 aromatic carbocycles. The first-order chi connectivity index (χ1) is 20.1. The van der Waals surface area contributed by atoms with Gasteiger partial charge in [0.2, 0.25) is 11.8 Å². The molecular formula is C34H27N5O2. The number of nitrogens with one attached hydrogen (secondary N) is 1. The number of nitrogens with zero attached hydrogens (tertiary/aromatic N) is 4. The third-order valence-corrected chi connectivity index (χ3v) is 6.66. The number of para-hydroxylation sites is 1. The Kier molecular flexibility index (Phi) is 7.32. The van der Waals surface area contributed by atoms with E-state index in [-0.39, 0.29) is 17.6 Å². The molecule has 1 unspecified atom stereocenters. The number of amides is 1. The Morgan fingerprint density at radius 2 is 1.41 bits per heavy atom. The van der Waals surface area contributed by atoms with Crippen molar-refractivity contribution in [1.82, 2.24) is 25.3 Å². The van der Waals surface area contributed by atoms with Crippen LogP contribution in [0.2, 0.25) is 0 Å². The first-order valence-electron chi connectivity index (χ1n) is 13.3. The van der Waals surface area contributed by atoms with Crippen LogP contribution in [-0.4, -0.2) is 25.9 Å². The van der Waals surface area contributed by atoms with Crippen molar-refractivity contribution in [2.45, 2.75) is 13.0 Å². The molecule has 1 N–H and O–H groups in total. The van der Waals surface area contributed by atoms with Crippen LogP contribution >= 0.6 is 0 Å². The van der Waals surface area contributed by atoms with Gasteiger partial charge < -0.3 is 9.73 Å². The Balaban J connectivity index is 1.34. The molecule has 0 aliphatic rings. The Bertz CT molecular complexity index is 1770. The molecule has 7 heteroatoms. The maximum atomic E-state index is 13.9. The van der Waals surface area contributed by atoms with Crippen molar-refractivity contribution >= 4 is 18.1 Å². The second kappa shape index (κ2) is 11.7. The lowest BCUT2D eigenvalue weighted by molar-refractivity contribution is 0.0937. The monoisotopic (exact) mass is 537 g/mol. The van der Waals surface area contributed by atoms with Crippen LogP contribution in [0.3, 0.4) is 0 Å². The van der Waals surface area contributed by atoms with E-state index in [4.69, 9.17) is 4.42 Å². The number of carbonyl (C=O) groups excluding carboxylic acids is 1. The van der Waals surface area contributed by atoms with Crippen molar-refractivity contribution < 1.29 is 9.21 Å². The lowest BCUT2D eigenvalue weighted by Crippen LogP contribution is -2.30. The van der Waals surface area contributed by atoms with Crippen molar-refractivity contribution in [2.75, 3.05) is 0 Å². The van der Waals surface area contributed by atoms with Gasteiger partial charge in [0, 0.05) is 23.4 Å². The van der Waals surface area contributed by atoms with Crippen LogP contribution in [0, 0.1) is 6.92 Å². The van der Waals surface area contributed by atoms with Crippen LogP contribution in [-0.2, 0) is 0 Å². The Labute approximate surface area is 237 Å². The molecule has 0 spiro atoms. The molecule has 41 heavy (non-hydrogen) atoms. The molecule has 0 aliphatic heterocycles. The van der Waals surface area contributed by atoms with Crippen LogP contribution in [0.1, 0.15) is 44.7 Å². The van der Waals surface area contributed by atoms with Gasteiger partial charge in [0.25, 0.3) is 5.91 Å². The highest BCUT2D eigenvalue weighted by Gasteiger charge is 2.22. The molecule has 2 heterocycles. The molecule has 1 atom stereocenters. The van der Waals surface area contributed by atoms with Crippen molar-refractivity contribution in [3.63, 3.8) is 0 Å². The van der Waals surface area contributed by atoms with Crippen molar-refractivity contribution in [1.29, 1.82) is 0 Å². The highest BCUT2D eigenvalue weighted by Crippen LogP contribution is 2.25. The van der Waals surface area contributed by atoms with Crippen molar-refractivity contribution in [3.8, 4) is 17.1 Å². The molecule has 0 aliphatic carbocycles. The lowest BCUT2D eigenvalue weighted by atomic mass is 9.97. The average Bonchev–Trinajstić information content (AvgIpc) is 3.68. The minimum atomic E-state index is -0.354. The Hall–Kier alpha value is -5.56. The van der Waals surface area contributed by atoms with E-state index < -0.39 is 0 Å². The molecule has 0 saturated carbocycles. The van der Waals surface area contributed by atoms with E-state index in [1.807, 2.05) is 128 Å². The molecule has 2 aromatic heterocycles. The summed E-state index contributed by atoms with van der Waals surface area (Å²) in [5.74, 6) is 0.445. The predicted molar refractivity (Wildman–Crippen MR) is 159 cm³/mol. The van der Waals surface area contributed by atoms with E-state index in [9.17, 15) is 4.79 Å². The summed E-state index contributed by atoms with van der Waals surface area (Å²) in [6.45, 7) is 2.04. The first-order valence-corrected chi connectivity index (χ1v) is 13.3. The van der Waals surface area contributed by atoms with Gasteiger partial charge in [0.1, 0.15) is 0 Å². The van der Waals surface area contributed by atoms with E-state index in [0.717, 1.165) is 27.9 Å². The van der Waals surface area contributed by atoms with Crippen molar-refractivity contribution in [3.05, 3.63) is 155 Å². The Morgan fingerprint density at radius 1 is 0.780 bits per heavy atom. The summed E-state index contributed by atoms with van der Waals surface area (Å²) in [5, 5.41) is 16.2. The second-order valence-corrected chi connectivity index (χ2v) is 9.59. The van der Waals surface area contributed by atoms with E-state index in [0.29, 0.717) is 17.3 Å². The fourth-order valence-electron chi connectivity index (χ4n) is 4.52. The quantitative estimate of drug-likeness (QED) is 0.228. The summed E-state index contributed by atoms with van der Waals surface area (Å²) in [4.78, 5) is 13.9. The van der Waals surface area contributed by atoms with Gasteiger partial charge in [0.05, 0.1) is 11.7 Å². The largest absolute Gasteiger partial charge is 0.417 e. The molecular weight excluding hydrogens is 510 g/mol. The molecule has 6 rings (SSSR count). The van der Waals surface area contributed by atoms with E-state index in [2.05, 4.69) is 20.6 Å². The lowest BCUT2D eigenvalue weighted by Gasteiger charge is -2.20. The SMILES string of the molecule is Cc1ccc(C(NC(=O)c2nn(-c3ccccc3)cc2/C=C/c2nnc(-c3ccccc3)o2)c2ccccc2)cc1. The number of hydrogen-bond acceptors (Lipinski definition) is 5. The van der Waals surface area contributed by atoms with Gasteiger partial charge in [-0.25, -0.2) is 4.68 Å².